The Bertz CT molecular complexity index is 879. The molecule has 0 bridgehead atoms. The zero-order valence-electron chi connectivity index (χ0n) is 16.3. The number of nitro groups is 1. The van der Waals surface area contributed by atoms with Crippen LogP contribution in [0.5, 0.6) is 0 Å². The summed E-state index contributed by atoms with van der Waals surface area (Å²) in [6.45, 7) is 4.75. The molecule has 2 aromatic rings. The molecular formula is C21H24N4O4. The Kier molecular flexibility index (Phi) is 6.56. The maximum Gasteiger partial charge on any atom is 0.269 e. The fourth-order valence-electron chi connectivity index (χ4n) is 3.36. The van der Waals surface area contributed by atoms with Crippen LogP contribution in [0.15, 0.2) is 54.6 Å². The molecule has 3 rings (SSSR count). The Labute approximate surface area is 169 Å². The first-order valence-corrected chi connectivity index (χ1v) is 9.54. The topological polar surface area (TPSA) is 95.8 Å². The number of amides is 2. The van der Waals surface area contributed by atoms with Gasteiger partial charge in [0.1, 0.15) is 6.04 Å². The van der Waals surface area contributed by atoms with E-state index in [0.29, 0.717) is 38.3 Å². The van der Waals surface area contributed by atoms with Crippen molar-refractivity contribution in [2.24, 2.45) is 0 Å². The van der Waals surface area contributed by atoms with Crippen LogP contribution < -0.4 is 5.32 Å². The van der Waals surface area contributed by atoms with Gasteiger partial charge < -0.3 is 10.2 Å². The monoisotopic (exact) mass is 396 g/mol. The van der Waals surface area contributed by atoms with Gasteiger partial charge in [-0.25, -0.2) is 0 Å². The standard InChI is InChI=1S/C21H24N4O4/c1-16(22-20(26)18-7-3-2-4-8-18)21(27)24-12-10-23(11-13-24)15-17-6-5-9-19(14-17)25(28)29/h2-9,14,16H,10-13,15H2,1H3,(H,22,26). The third-order valence-corrected chi connectivity index (χ3v) is 4.97. The third-order valence-electron chi connectivity index (χ3n) is 4.97. The molecule has 2 amide bonds. The second kappa shape index (κ2) is 9.29. The molecule has 1 fully saturated rings. The number of non-ortho nitro benzene ring substituents is 1. The van der Waals surface area contributed by atoms with E-state index >= 15 is 0 Å². The minimum atomic E-state index is -0.606. The minimum Gasteiger partial charge on any atom is -0.341 e. The zero-order valence-corrected chi connectivity index (χ0v) is 16.3. The number of hydrogen-bond acceptors (Lipinski definition) is 5. The number of rotatable bonds is 6. The van der Waals surface area contributed by atoms with Crippen molar-refractivity contribution >= 4 is 17.5 Å². The molecule has 29 heavy (non-hydrogen) atoms. The number of carbonyl (C=O) groups is 2. The molecule has 8 nitrogen and oxygen atoms in total. The summed E-state index contributed by atoms with van der Waals surface area (Å²) < 4.78 is 0. The van der Waals surface area contributed by atoms with E-state index in [1.165, 1.54) is 6.07 Å². The summed E-state index contributed by atoms with van der Waals surface area (Å²) in [5, 5.41) is 13.7. The van der Waals surface area contributed by atoms with Gasteiger partial charge in [-0.2, -0.15) is 0 Å². The number of carbonyl (C=O) groups excluding carboxylic acids is 2. The lowest BCUT2D eigenvalue weighted by molar-refractivity contribution is -0.384. The predicted octanol–water partition coefficient (Wildman–Crippen LogP) is 2.06. The largest absolute Gasteiger partial charge is 0.341 e. The molecule has 0 radical (unpaired) electrons. The number of benzene rings is 2. The molecule has 0 aliphatic carbocycles. The summed E-state index contributed by atoms with van der Waals surface area (Å²) in [5.74, 6) is -0.375. The van der Waals surface area contributed by atoms with Gasteiger partial charge in [-0.3, -0.25) is 24.6 Å². The minimum absolute atomic E-state index is 0.0827. The quantitative estimate of drug-likeness (QED) is 0.596. The Morgan fingerprint density at radius 3 is 2.41 bits per heavy atom. The lowest BCUT2D eigenvalue weighted by Gasteiger charge is -2.36. The van der Waals surface area contributed by atoms with Gasteiger partial charge >= 0.3 is 0 Å². The van der Waals surface area contributed by atoms with Crippen molar-refractivity contribution in [2.75, 3.05) is 26.2 Å². The second-order valence-electron chi connectivity index (χ2n) is 7.09. The van der Waals surface area contributed by atoms with E-state index in [1.807, 2.05) is 12.1 Å². The molecule has 1 saturated heterocycles. The molecular weight excluding hydrogens is 372 g/mol. The Hall–Kier alpha value is -3.26. The molecule has 1 aliphatic rings. The van der Waals surface area contributed by atoms with E-state index in [2.05, 4.69) is 10.2 Å². The smallest absolute Gasteiger partial charge is 0.269 e. The van der Waals surface area contributed by atoms with Crippen molar-refractivity contribution in [3.63, 3.8) is 0 Å². The van der Waals surface area contributed by atoms with Crippen molar-refractivity contribution < 1.29 is 14.5 Å². The van der Waals surface area contributed by atoms with Crippen LogP contribution in [0.4, 0.5) is 5.69 Å². The zero-order chi connectivity index (χ0) is 20.8. The summed E-state index contributed by atoms with van der Waals surface area (Å²) in [4.78, 5) is 39.3. The van der Waals surface area contributed by atoms with E-state index in [1.54, 1.807) is 48.2 Å². The summed E-state index contributed by atoms with van der Waals surface area (Å²) in [7, 11) is 0. The van der Waals surface area contributed by atoms with Gasteiger partial charge in [0.2, 0.25) is 5.91 Å². The van der Waals surface area contributed by atoms with Crippen LogP contribution in [0.1, 0.15) is 22.8 Å². The molecule has 1 aliphatic heterocycles. The van der Waals surface area contributed by atoms with E-state index in [0.717, 1.165) is 5.56 Å². The van der Waals surface area contributed by atoms with Crippen LogP contribution in [0, 0.1) is 10.1 Å². The molecule has 1 atom stereocenters. The van der Waals surface area contributed by atoms with Gasteiger partial charge in [0.25, 0.3) is 11.6 Å². The molecule has 0 aromatic heterocycles. The lowest BCUT2D eigenvalue weighted by atomic mass is 10.1. The number of piperazine rings is 1. The first-order valence-electron chi connectivity index (χ1n) is 9.54. The number of hydrogen-bond donors (Lipinski definition) is 1. The van der Waals surface area contributed by atoms with Crippen molar-refractivity contribution in [3.05, 3.63) is 75.8 Å². The highest BCUT2D eigenvalue weighted by Gasteiger charge is 2.26. The maximum absolute atomic E-state index is 12.7. The van der Waals surface area contributed by atoms with Crippen molar-refractivity contribution in [2.45, 2.75) is 19.5 Å². The summed E-state index contributed by atoms with van der Waals surface area (Å²) in [5.41, 5.74) is 1.48. The third kappa shape index (κ3) is 5.39. The first kappa shape index (κ1) is 20.5. The van der Waals surface area contributed by atoms with Gasteiger partial charge in [-0.1, -0.05) is 30.3 Å². The predicted molar refractivity (Wildman–Crippen MR) is 108 cm³/mol. The molecule has 0 spiro atoms. The highest BCUT2D eigenvalue weighted by Crippen LogP contribution is 2.16. The fraction of sp³-hybridized carbons (Fsp3) is 0.333. The Balaban J connectivity index is 1.49. The van der Waals surface area contributed by atoms with Crippen LogP contribution in [0.25, 0.3) is 0 Å². The highest BCUT2D eigenvalue weighted by molar-refractivity contribution is 5.97. The average molecular weight is 396 g/mol. The number of nitro benzene ring substituents is 1. The van der Waals surface area contributed by atoms with Crippen LogP contribution in [-0.2, 0) is 11.3 Å². The maximum atomic E-state index is 12.7. The highest BCUT2D eigenvalue weighted by atomic mass is 16.6. The van der Waals surface area contributed by atoms with Crippen LogP contribution >= 0.6 is 0 Å². The molecule has 8 heteroatoms. The van der Waals surface area contributed by atoms with Gasteiger partial charge in [-0.05, 0) is 24.6 Å². The van der Waals surface area contributed by atoms with Crippen molar-refractivity contribution in [3.8, 4) is 0 Å². The summed E-state index contributed by atoms with van der Waals surface area (Å²) in [6.07, 6.45) is 0. The van der Waals surface area contributed by atoms with Gasteiger partial charge in [0.15, 0.2) is 0 Å². The number of nitrogens with zero attached hydrogens (tertiary/aromatic N) is 3. The lowest BCUT2D eigenvalue weighted by Crippen LogP contribution is -2.53. The molecule has 1 unspecified atom stereocenters. The Morgan fingerprint density at radius 2 is 1.76 bits per heavy atom. The molecule has 1 heterocycles. The van der Waals surface area contributed by atoms with E-state index < -0.39 is 11.0 Å². The molecule has 0 saturated carbocycles. The van der Waals surface area contributed by atoms with E-state index in [4.69, 9.17) is 0 Å². The van der Waals surface area contributed by atoms with Crippen LogP contribution in [0.2, 0.25) is 0 Å². The van der Waals surface area contributed by atoms with E-state index in [9.17, 15) is 19.7 Å². The SMILES string of the molecule is CC(NC(=O)c1ccccc1)C(=O)N1CCN(Cc2cccc([N+](=O)[O-])c2)CC1. The molecule has 152 valence electrons. The van der Waals surface area contributed by atoms with Gasteiger partial charge in [0, 0.05) is 50.4 Å². The summed E-state index contributed by atoms with van der Waals surface area (Å²) >= 11 is 0. The van der Waals surface area contributed by atoms with Crippen LogP contribution in [0.3, 0.4) is 0 Å². The molecule has 1 N–H and O–H groups in total. The van der Waals surface area contributed by atoms with Crippen molar-refractivity contribution in [1.82, 2.24) is 15.1 Å². The van der Waals surface area contributed by atoms with Gasteiger partial charge in [0.05, 0.1) is 4.92 Å². The average Bonchev–Trinajstić information content (AvgIpc) is 2.74. The fourth-order valence-corrected chi connectivity index (χ4v) is 3.36. The van der Waals surface area contributed by atoms with E-state index in [-0.39, 0.29) is 17.5 Å². The Morgan fingerprint density at radius 1 is 1.07 bits per heavy atom. The van der Waals surface area contributed by atoms with Gasteiger partial charge in [-0.15, -0.1) is 0 Å². The summed E-state index contributed by atoms with van der Waals surface area (Å²) in [6, 6.07) is 14.8. The van der Waals surface area contributed by atoms with Crippen LogP contribution in [-0.4, -0.2) is 58.8 Å². The second-order valence-corrected chi connectivity index (χ2v) is 7.09. The molecule has 2 aromatic carbocycles. The normalized spacial score (nSPS) is 15.6. The van der Waals surface area contributed by atoms with Crippen molar-refractivity contribution in [1.29, 1.82) is 0 Å². The first-order chi connectivity index (χ1) is 13.9. The number of nitrogens with one attached hydrogen (secondary N) is 1.